The number of ether oxygens (including phenoxy) is 1. The van der Waals surface area contributed by atoms with Crippen molar-refractivity contribution in [2.45, 2.75) is 38.3 Å². The van der Waals surface area contributed by atoms with Gasteiger partial charge in [-0.1, -0.05) is 24.3 Å². The average molecular weight is 219 g/mol. The highest BCUT2D eigenvalue weighted by atomic mass is 16.5. The predicted octanol–water partition coefficient (Wildman–Crippen LogP) is 2.67. The number of hydrogen-bond donors (Lipinski definition) is 1. The minimum absolute atomic E-state index is 0.183. The van der Waals surface area contributed by atoms with Gasteiger partial charge in [0.15, 0.2) is 0 Å². The number of nitrogens with two attached hydrogens (primary N) is 1. The molecule has 2 nitrogen and oxygen atoms in total. The molecule has 2 heteroatoms. The zero-order chi connectivity index (χ0) is 11.5. The summed E-state index contributed by atoms with van der Waals surface area (Å²) in [5.74, 6) is 0.560. The molecule has 0 aromatic heterocycles. The molecule has 0 saturated heterocycles. The molecule has 0 heterocycles. The van der Waals surface area contributed by atoms with E-state index in [0.29, 0.717) is 12.0 Å². The summed E-state index contributed by atoms with van der Waals surface area (Å²) in [5.41, 5.74) is 9.10. The molecule has 0 radical (unpaired) electrons. The largest absolute Gasteiger partial charge is 0.382 e. The van der Waals surface area contributed by atoms with Gasteiger partial charge in [-0.05, 0) is 43.2 Å². The van der Waals surface area contributed by atoms with Crippen LogP contribution in [0.3, 0.4) is 0 Å². The maximum atomic E-state index is 6.34. The normalized spacial score (nSPS) is 26.2. The topological polar surface area (TPSA) is 35.2 Å². The Morgan fingerprint density at radius 3 is 2.94 bits per heavy atom. The fraction of sp³-hybridized carbons (Fsp3) is 0.571. The van der Waals surface area contributed by atoms with Crippen LogP contribution in [0.25, 0.3) is 0 Å². The Labute approximate surface area is 97.8 Å². The fourth-order valence-electron chi connectivity index (χ4n) is 2.65. The van der Waals surface area contributed by atoms with Crippen molar-refractivity contribution in [2.75, 3.05) is 7.11 Å². The van der Waals surface area contributed by atoms with E-state index in [-0.39, 0.29) is 6.04 Å². The van der Waals surface area contributed by atoms with Gasteiger partial charge in [0.2, 0.25) is 0 Å². The van der Waals surface area contributed by atoms with Crippen molar-refractivity contribution < 1.29 is 4.74 Å². The third kappa shape index (κ3) is 2.28. The van der Waals surface area contributed by atoms with Crippen molar-refractivity contribution in [3.63, 3.8) is 0 Å². The van der Waals surface area contributed by atoms with Gasteiger partial charge in [-0.25, -0.2) is 0 Å². The summed E-state index contributed by atoms with van der Waals surface area (Å²) in [4.78, 5) is 0. The minimum Gasteiger partial charge on any atom is -0.382 e. The highest BCUT2D eigenvalue weighted by Gasteiger charge is 2.27. The first-order valence-corrected chi connectivity index (χ1v) is 6.08. The first-order valence-electron chi connectivity index (χ1n) is 6.08. The van der Waals surface area contributed by atoms with Crippen molar-refractivity contribution in [1.82, 2.24) is 0 Å². The molecule has 2 N–H and O–H groups in total. The van der Waals surface area contributed by atoms with Crippen LogP contribution in [0.15, 0.2) is 24.3 Å². The number of aryl methyl sites for hydroxylation is 1. The van der Waals surface area contributed by atoms with Crippen LogP contribution in [0.5, 0.6) is 0 Å². The first-order chi connectivity index (χ1) is 7.72. The second kappa shape index (κ2) is 4.98. The third-order valence-corrected chi connectivity index (χ3v) is 3.74. The monoisotopic (exact) mass is 219 g/mol. The van der Waals surface area contributed by atoms with Crippen LogP contribution in [0.2, 0.25) is 0 Å². The molecule has 0 aliphatic heterocycles. The summed E-state index contributed by atoms with van der Waals surface area (Å²) in [6, 6.07) is 8.74. The zero-order valence-electron chi connectivity index (χ0n) is 10.1. The number of benzene rings is 1. The Balaban J connectivity index is 2.12. The molecular formula is C14H21NO. The van der Waals surface area contributed by atoms with E-state index in [2.05, 4.69) is 31.2 Å². The summed E-state index contributed by atoms with van der Waals surface area (Å²) >= 11 is 0. The molecule has 0 saturated carbocycles. The van der Waals surface area contributed by atoms with Gasteiger partial charge in [0.1, 0.15) is 0 Å². The van der Waals surface area contributed by atoms with Crippen molar-refractivity contribution in [3.8, 4) is 0 Å². The standard InChI is InChI=1S/C14H21NO/c1-10(16-2)9-12-8-7-11-5-3-4-6-13(11)14(12)15/h3-6,10,12,14H,7-9,15H2,1-2H3. The van der Waals surface area contributed by atoms with Crippen LogP contribution in [0.1, 0.15) is 36.9 Å². The quantitative estimate of drug-likeness (QED) is 0.848. The number of methoxy groups -OCH3 is 1. The molecule has 3 atom stereocenters. The zero-order valence-corrected chi connectivity index (χ0v) is 10.1. The van der Waals surface area contributed by atoms with Gasteiger partial charge in [-0.15, -0.1) is 0 Å². The van der Waals surface area contributed by atoms with Crippen LogP contribution >= 0.6 is 0 Å². The van der Waals surface area contributed by atoms with E-state index in [0.717, 1.165) is 12.8 Å². The summed E-state index contributed by atoms with van der Waals surface area (Å²) in [6.45, 7) is 2.12. The SMILES string of the molecule is COC(C)CC1CCc2ccccc2C1N. The Morgan fingerprint density at radius 1 is 1.44 bits per heavy atom. The maximum Gasteiger partial charge on any atom is 0.0546 e. The predicted molar refractivity (Wildman–Crippen MR) is 66.3 cm³/mol. The van der Waals surface area contributed by atoms with E-state index in [1.165, 1.54) is 17.5 Å². The molecule has 0 fully saturated rings. The molecule has 88 valence electrons. The minimum atomic E-state index is 0.183. The molecule has 1 aromatic rings. The van der Waals surface area contributed by atoms with E-state index in [4.69, 9.17) is 10.5 Å². The van der Waals surface area contributed by atoms with Crippen LogP contribution in [0.4, 0.5) is 0 Å². The third-order valence-electron chi connectivity index (χ3n) is 3.74. The molecule has 1 aliphatic rings. The molecule has 3 unspecified atom stereocenters. The van der Waals surface area contributed by atoms with Gasteiger partial charge in [-0.2, -0.15) is 0 Å². The highest BCUT2D eigenvalue weighted by molar-refractivity contribution is 5.32. The summed E-state index contributed by atoms with van der Waals surface area (Å²) in [6.07, 6.45) is 3.71. The fourth-order valence-corrected chi connectivity index (χ4v) is 2.65. The van der Waals surface area contributed by atoms with E-state index in [1.807, 2.05) is 0 Å². The van der Waals surface area contributed by atoms with Crippen LogP contribution in [-0.2, 0) is 11.2 Å². The van der Waals surface area contributed by atoms with Crippen molar-refractivity contribution in [3.05, 3.63) is 35.4 Å². The van der Waals surface area contributed by atoms with Crippen LogP contribution in [0, 0.1) is 5.92 Å². The number of fused-ring (bicyclic) bond motifs is 1. The van der Waals surface area contributed by atoms with E-state index >= 15 is 0 Å². The number of rotatable bonds is 3. The summed E-state index contributed by atoms with van der Waals surface area (Å²) < 4.78 is 5.33. The second-order valence-electron chi connectivity index (χ2n) is 4.81. The Morgan fingerprint density at radius 2 is 2.19 bits per heavy atom. The molecule has 0 amide bonds. The molecule has 0 bridgehead atoms. The van der Waals surface area contributed by atoms with Gasteiger partial charge < -0.3 is 10.5 Å². The van der Waals surface area contributed by atoms with Crippen molar-refractivity contribution in [2.24, 2.45) is 11.7 Å². The smallest absolute Gasteiger partial charge is 0.0546 e. The second-order valence-corrected chi connectivity index (χ2v) is 4.81. The number of hydrogen-bond acceptors (Lipinski definition) is 2. The van der Waals surface area contributed by atoms with Crippen molar-refractivity contribution >= 4 is 0 Å². The Hall–Kier alpha value is -0.860. The van der Waals surface area contributed by atoms with Gasteiger partial charge in [0.05, 0.1) is 6.10 Å². The maximum absolute atomic E-state index is 6.34. The lowest BCUT2D eigenvalue weighted by atomic mass is 9.78. The molecule has 1 aliphatic carbocycles. The average Bonchev–Trinajstić information content (AvgIpc) is 2.33. The molecule has 2 rings (SSSR count). The lowest BCUT2D eigenvalue weighted by molar-refractivity contribution is 0.0872. The first kappa shape index (κ1) is 11.6. The lowest BCUT2D eigenvalue weighted by Crippen LogP contribution is -2.29. The summed E-state index contributed by atoms with van der Waals surface area (Å²) in [5, 5.41) is 0. The van der Waals surface area contributed by atoms with E-state index < -0.39 is 0 Å². The molecule has 0 spiro atoms. The Bertz CT molecular complexity index is 350. The molecule has 16 heavy (non-hydrogen) atoms. The van der Waals surface area contributed by atoms with Crippen LogP contribution in [-0.4, -0.2) is 13.2 Å². The van der Waals surface area contributed by atoms with Gasteiger partial charge in [0.25, 0.3) is 0 Å². The van der Waals surface area contributed by atoms with Gasteiger partial charge in [0, 0.05) is 13.2 Å². The van der Waals surface area contributed by atoms with Crippen LogP contribution < -0.4 is 5.73 Å². The summed E-state index contributed by atoms with van der Waals surface area (Å²) in [7, 11) is 1.77. The Kier molecular flexibility index (Phi) is 3.62. The van der Waals surface area contributed by atoms with Crippen molar-refractivity contribution in [1.29, 1.82) is 0 Å². The van der Waals surface area contributed by atoms with Gasteiger partial charge in [-0.3, -0.25) is 0 Å². The highest BCUT2D eigenvalue weighted by Crippen LogP contribution is 2.35. The molecular weight excluding hydrogens is 198 g/mol. The van der Waals surface area contributed by atoms with E-state index in [1.54, 1.807) is 7.11 Å². The van der Waals surface area contributed by atoms with Gasteiger partial charge >= 0.3 is 0 Å². The molecule has 1 aromatic carbocycles. The van der Waals surface area contributed by atoms with E-state index in [9.17, 15) is 0 Å². The lowest BCUT2D eigenvalue weighted by Gasteiger charge is -2.32.